The van der Waals surface area contributed by atoms with Gasteiger partial charge in [0, 0.05) is 6.07 Å². The SMILES string of the molecule is COc1ccc(C=NNC(=O)c2cc(=O)[nH]c(=O)[nH]2)cc1. The van der Waals surface area contributed by atoms with Gasteiger partial charge in [-0.2, -0.15) is 5.10 Å². The second-order valence-electron chi connectivity index (χ2n) is 3.97. The molecule has 0 aliphatic carbocycles. The van der Waals surface area contributed by atoms with Crippen molar-refractivity contribution in [1.82, 2.24) is 15.4 Å². The molecule has 1 heterocycles. The summed E-state index contributed by atoms with van der Waals surface area (Å²) in [6, 6.07) is 7.97. The Morgan fingerprint density at radius 1 is 1.24 bits per heavy atom. The number of benzene rings is 1. The summed E-state index contributed by atoms with van der Waals surface area (Å²) in [6.45, 7) is 0. The van der Waals surface area contributed by atoms with Crippen molar-refractivity contribution < 1.29 is 9.53 Å². The van der Waals surface area contributed by atoms with Gasteiger partial charge in [0.1, 0.15) is 11.4 Å². The average molecular weight is 288 g/mol. The molecule has 1 aromatic heterocycles. The standard InChI is InChI=1S/C13H12N4O4/c1-21-9-4-2-8(3-5-9)7-14-17-12(19)10-6-11(18)16-13(20)15-10/h2-7H,1H3,(H,17,19)(H2,15,16,18,20). The van der Waals surface area contributed by atoms with Gasteiger partial charge in [-0.15, -0.1) is 0 Å². The number of rotatable bonds is 4. The van der Waals surface area contributed by atoms with Crippen LogP contribution in [0.5, 0.6) is 5.75 Å². The Hall–Kier alpha value is -3.16. The number of hydrogen-bond acceptors (Lipinski definition) is 5. The van der Waals surface area contributed by atoms with E-state index in [0.717, 1.165) is 11.6 Å². The number of methoxy groups -OCH3 is 1. The maximum atomic E-state index is 11.7. The van der Waals surface area contributed by atoms with Gasteiger partial charge in [-0.25, -0.2) is 10.2 Å². The zero-order valence-corrected chi connectivity index (χ0v) is 11.0. The summed E-state index contributed by atoms with van der Waals surface area (Å²) in [7, 11) is 1.56. The number of H-pyrrole nitrogens is 2. The van der Waals surface area contributed by atoms with Crippen molar-refractivity contribution in [2.75, 3.05) is 7.11 Å². The van der Waals surface area contributed by atoms with Crippen molar-refractivity contribution in [3.8, 4) is 5.75 Å². The third kappa shape index (κ3) is 3.90. The molecule has 2 aromatic rings. The van der Waals surface area contributed by atoms with E-state index >= 15 is 0 Å². The Morgan fingerprint density at radius 2 is 1.95 bits per heavy atom. The van der Waals surface area contributed by atoms with E-state index in [0.29, 0.717) is 5.75 Å². The second-order valence-corrected chi connectivity index (χ2v) is 3.97. The van der Waals surface area contributed by atoms with Gasteiger partial charge in [0.15, 0.2) is 0 Å². The number of hydrazone groups is 1. The number of nitrogens with zero attached hydrogens (tertiary/aromatic N) is 1. The summed E-state index contributed by atoms with van der Waals surface area (Å²) in [5.41, 5.74) is 1.36. The molecule has 0 radical (unpaired) electrons. The lowest BCUT2D eigenvalue weighted by molar-refractivity contribution is 0.0949. The monoisotopic (exact) mass is 288 g/mol. The fourth-order valence-electron chi connectivity index (χ4n) is 1.51. The molecule has 2 rings (SSSR count). The predicted octanol–water partition coefficient (Wildman–Crippen LogP) is -0.164. The van der Waals surface area contributed by atoms with E-state index in [-0.39, 0.29) is 5.69 Å². The van der Waals surface area contributed by atoms with E-state index in [4.69, 9.17) is 4.74 Å². The van der Waals surface area contributed by atoms with Crippen LogP contribution in [0.3, 0.4) is 0 Å². The van der Waals surface area contributed by atoms with E-state index in [1.165, 1.54) is 6.21 Å². The number of hydrogen-bond donors (Lipinski definition) is 3. The number of amides is 1. The van der Waals surface area contributed by atoms with Crippen LogP contribution >= 0.6 is 0 Å². The van der Waals surface area contributed by atoms with E-state index in [9.17, 15) is 14.4 Å². The van der Waals surface area contributed by atoms with Gasteiger partial charge in [-0.3, -0.25) is 14.6 Å². The first-order valence-corrected chi connectivity index (χ1v) is 5.89. The largest absolute Gasteiger partial charge is 0.497 e. The molecule has 8 nitrogen and oxygen atoms in total. The van der Waals surface area contributed by atoms with E-state index < -0.39 is 17.2 Å². The third-order valence-corrected chi connectivity index (χ3v) is 2.50. The molecule has 8 heteroatoms. The van der Waals surface area contributed by atoms with Gasteiger partial charge in [0.2, 0.25) is 0 Å². The molecule has 0 spiro atoms. The molecule has 1 amide bonds. The minimum Gasteiger partial charge on any atom is -0.497 e. The molecule has 3 N–H and O–H groups in total. The zero-order valence-electron chi connectivity index (χ0n) is 11.0. The molecule has 0 saturated heterocycles. The van der Waals surface area contributed by atoms with Crippen molar-refractivity contribution in [2.45, 2.75) is 0 Å². The Kier molecular flexibility index (Phi) is 4.30. The fraction of sp³-hybridized carbons (Fsp3) is 0.0769. The number of aromatic amines is 2. The summed E-state index contributed by atoms with van der Waals surface area (Å²) in [5, 5.41) is 3.73. The molecule has 0 unspecified atom stereocenters. The van der Waals surface area contributed by atoms with Crippen molar-refractivity contribution in [3.63, 3.8) is 0 Å². The van der Waals surface area contributed by atoms with Crippen LogP contribution < -0.4 is 21.4 Å². The maximum Gasteiger partial charge on any atom is 0.326 e. The van der Waals surface area contributed by atoms with Crippen molar-refractivity contribution in [2.24, 2.45) is 5.10 Å². The number of aromatic nitrogens is 2. The number of carbonyl (C=O) groups is 1. The first-order chi connectivity index (χ1) is 10.1. The Bertz CT molecular complexity index is 745. The van der Waals surface area contributed by atoms with Gasteiger partial charge in [0.05, 0.1) is 13.3 Å². The van der Waals surface area contributed by atoms with Crippen LogP contribution in [0.25, 0.3) is 0 Å². The van der Waals surface area contributed by atoms with Crippen molar-refractivity contribution in [1.29, 1.82) is 0 Å². The molecule has 0 aliphatic rings. The smallest absolute Gasteiger partial charge is 0.326 e. The molecule has 0 fully saturated rings. The van der Waals surface area contributed by atoms with Crippen LogP contribution in [0, 0.1) is 0 Å². The predicted molar refractivity (Wildman–Crippen MR) is 75.7 cm³/mol. The van der Waals surface area contributed by atoms with Crippen LogP contribution in [0.1, 0.15) is 16.1 Å². The molecule has 0 atom stereocenters. The minimum absolute atomic E-state index is 0.171. The molecule has 0 bridgehead atoms. The normalized spacial score (nSPS) is 10.5. The number of ether oxygens (including phenoxy) is 1. The lowest BCUT2D eigenvalue weighted by Gasteiger charge is -2.00. The molecule has 21 heavy (non-hydrogen) atoms. The van der Waals surface area contributed by atoms with Gasteiger partial charge < -0.3 is 9.72 Å². The molecular weight excluding hydrogens is 276 g/mol. The molecule has 108 valence electrons. The second kappa shape index (κ2) is 6.33. The lowest BCUT2D eigenvalue weighted by atomic mass is 10.2. The van der Waals surface area contributed by atoms with Crippen LogP contribution in [0.15, 0.2) is 45.0 Å². The Morgan fingerprint density at radius 3 is 2.57 bits per heavy atom. The topological polar surface area (TPSA) is 116 Å². The maximum absolute atomic E-state index is 11.7. The summed E-state index contributed by atoms with van der Waals surface area (Å²) >= 11 is 0. The molecule has 0 aliphatic heterocycles. The van der Waals surface area contributed by atoms with Crippen molar-refractivity contribution >= 4 is 12.1 Å². The molecule has 1 aromatic carbocycles. The highest BCUT2D eigenvalue weighted by atomic mass is 16.5. The average Bonchev–Trinajstić information content (AvgIpc) is 2.47. The van der Waals surface area contributed by atoms with E-state index in [1.807, 2.05) is 4.98 Å². The quantitative estimate of drug-likeness (QED) is 0.535. The van der Waals surface area contributed by atoms with Gasteiger partial charge >= 0.3 is 5.69 Å². The van der Waals surface area contributed by atoms with E-state index in [2.05, 4.69) is 15.5 Å². The third-order valence-electron chi connectivity index (χ3n) is 2.50. The summed E-state index contributed by atoms with van der Waals surface area (Å²) in [4.78, 5) is 37.9. The fourth-order valence-corrected chi connectivity index (χ4v) is 1.51. The first kappa shape index (κ1) is 14.3. The van der Waals surface area contributed by atoms with Gasteiger partial charge in [-0.05, 0) is 29.8 Å². The zero-order chi connectivity index (χ0) is 15.2. The lowest BCUT2D eigenvalue weighted by Crippen LogP contribution is -2.28. The minimum atomic E-state index is -0.758. The highest BCUT2D eigenvalue weighted by molar-refractivity contribution is 5.92. The summed E-state index contributed by atoms with van der Waals surface area (Å²) < 4.78 is 5.01. The van der Waals surface area contributed by atoms with Gasteiger partial charge in [-0.1, -0.05) is 0 Å². The Labute approximate surface area is 118 Å². The molecule has 0 saturated carbocycles. The van der Waals surface area contributed by atoms with Crippen LogP contribution in [0.2, 0.25) is 0 Å². The van der Waals surface area contributed by atoms with Crippen LogP contribution in [-0.4, -0.2) is 29.2 Å². The van der Waals surface area contributed by atoms with Crippen molar-refractivity contribution in [3.05, 3.63) is 62.4 Å². The van der Waals surface area contributed by atoms with Gasteiger partial charge in [0.25, 0.3) is 11.5 Å². The summed E-state index contributed by atoms with van der Waals surface area (Å²) in [5.74, 6) is 0.0141. The Balaban J connectivity index is 2.04. The van der Waals surface area contributed by atoms with Crippen LogP contribution in [0.4, 0.5) is 0 Å². The summed E-state index contributed by atoms with van der Waals surface area (Å²) in [6.07, 6.45) is 1.42. The number of carbonyl (C=O) groups excluding carboxylic acids is 1. The number of nitrogens with one attached hydrogen (secondary N) is 3. The first-order valence-electron chi connectivity index (χ1n) is 5.89. The highest BCUT2D eigenvalue weighted by Gasteiger charge is 2.06. The van der Waals surface area contributed by atoms with Crippen LogP contribution in [-0.2, 0) is 0 Å². The highest BCUT2D eigenvalue weighted by Crippen LogP contribution is 2.09. The molecular formula is C13H12N4O4. The van der Waals surface area contributed by atoms with E-state index in [1.54, 1.807) is 31.4 Å².